The molecule has 0 spiro atoms. The van der Waals surface area contributed by atoms with Crippen LogP contribution in [0.15, 0.2) is 48.5 Å². The van der Waals surface area contributed by atoms with E-state index in [9.17, 15) is 9.59 Å². The molecule has 5 nitrogen and oxygen atoms in total. The highest BCUT2D eigenvalue weighted by atomic mass is 16.5. The van der Waals surface area contributed by atoms with Crippen LogP contribution in [-0.4, -0.2) is 24.0 Å². The van der Waals surface area contributed by atoms with Crippen molar-refractivity contribution in [1.29, 1.82) is 0 Å². The second kappa shape index (κ2) is 8.05. The third-order valence-corrected chi connectivity index (χ3v) is 4.71. The number of nitrogens with one attached hydrogen (secondary N) is 2. The first kappa shape index (κ1) is 19.9. The third kappa shape index (κ3) is 5.35. The third-order valence-electron chi connectivity index (χ3n) is 4.71. The van der Waals surface area contributed by atoms with Gasteiger partial charge in [-0.25, -0.2) is 0 Å². The van der Waals surface area contributed by atoms with E-state index in [1.165, 1.54) is 5.56 Å². The minimum absolute atomic E-state index is 0.0678. The van der Waals surface area contributed by atoms with Crippen molar-refractivity contribution in [3.63, 3.8) is 0 Å². The highest BCUT2D eigenvalue weighted by molar-refractivity contribution is 5.98. The van der Waals surface area contributed by atoms with E-state index >= 15 is 0 Å². The van der Waals surface area contributed by atoms with Gasteiger partial charge in [0.15, 0.2) is 6.10 Å². The van der Waals surface area contributed by atoms with E-state index < -0.39 is 6.10 Å². The molecule has 0 radical (unpaired) electrons. The summed E-state index contributed by atoms with van der Waals surface area (Å²) in [4.78, 5) is 24.6. The molecule has 2 aromatic carbocycles. The highest BCUT2D eigenvalue weighted by Crippen LogP contribution is 2.25. The predicted octanol–water partition coefficient (Wildman–Crippen LogP) is 4.28. The smallest absolute Gasteiger partial charge is 0.265 e. The minimum Gasteiger partial charge on any atom is -0.481 e. The number of carbonyl (C=O) groups is 2. The van der Waals surface area contributed by atoms with Crippen LogP contribution >= 0.6 is 0 Å². The molecular weight excluding hydrogens is 352 g/mol. The lowest BCUT2D eigenvalue weighted by molar-refractivity contribution is -0.122. The van der Waals surface area contributed by atoms with Crippen LogP contribution < -0.4 is 15.4 Å². The van der Waals surface area contributed by atoms with Crippen molar-refractivity contribution in [2.24, 2.45) is 0 Å². The van der Waals surface area contributed by atoms with Gasteiger partial charge in [-0.15, -0.1) is 0 Å². The average molecular weight is 380 g/mol. The molecule has 5 heteroatoms. The standard InChI is InChI=1S/C23H28N2O3/c1-15(28-20-12-8-17(9-13-20)23(2,3)4)21(26)25-19-7-5-6-16(14-19)22(27)24-18-10-11-18/h5-9,12-15,18H,10-11H2,1-4H3,(H,24,27)(H,25,26). The number of hydrogen-bond acceptors (Lipinski definition) is 3. The molecule has 1 fully saturated rings. The molecule has 0 bridgehead atoms. The van der Waals surface area contributed by atoms with Gasteiger partial charge in [0, 0.05) is 17.3 Å². The Morgan fingerprint density at radius 1 is 1.07 bits per heavy atom. The Hall–Kier alpha value is -2.82. The van der Waals surface area contributed by atoms with E-state index in [4.69, 9.17) is 4.74 Å². The molecule has 0 saturated heterocycles. The summed E-state index contributed by atoms with van der Waals surface area (Å²) in [5.74, 6) is 0.273. The Labute approximate surface area is 166 Å². The summed E-state index contributed by atoms with van der Waals surface area (Å²) in [6, 6.07) is 15.0. The van der Waals surface area contributed by atoms with Gasteiger partial charge in [-0.3, -0.25) is 9.59 Å². The fraction of sp³-hybridized carbons (Fsp3) is 0.391. The number of benzene rings is 2. The van der Waals surface area contributed by atoms with Crippen LogP contribution in [0.4, 0.5) is 5.69 Å². The number of ether oxygens (including phenoxy) is 1. The summed E-state index contributed by atoms with van der Waals surface area (Å²) >= 11 is 0. The Kier molecular flexibility index (Phi) is 5.73. The van der Waals surface area contributed by atoms with Crippen molar-refractivity contribution in [1.82, 2.24) is 5.32 Å². The maximum Gasteiger partial charge on any atom is 0.265 e. The Balaban J connectivity index is 1.58. The molecule has 148 valence electrons. The molecule has 0 heterocycles. The fourth-order valence-electron chi connectivity index (χ4n) is 2.77. The van der Waals surface area contributed by atoms with Crippen molar-refractivity contribution in [3.05, 3.63) is 59.7 Å². The van der Waals surface area contributed by atoms with E-state index in [2.05, 4.69) is 31.4 Å². The molecule has 1 unspecified atom stereocenters. The lowest BCUT2D eigenvalue weighted by Crippen LogP contribution is -2.30. The summed E-state index contributed by atoms with van der Waals surface area (Å²) in [6.45, 7) is 8.16. The summed E-state index contributed by atoms with van der Waals surface area (Å²) in [5.41, 5.74) is 2.39. The summed E-state index contributed by atoms with van der Waals surface area (Å²) in [7, 11) is 0. The molecule has 2 N–H and O–H groups in total. The van der Waals surface area contributed by atoms with Gasteiger partial charge < -0.3 is 15.4 Å². The molecule has 0 aromatic heterocycles. The first-order valence-corrected chi connectivity index (χ1v) is 9.71. The molecule has 2 aromatic rings. The molecule has 2 amide bonds. The lowest BCUT2D eigenvalue weighted by atomic mass is 9.87. The zero-order valence-corrected chi connectivity index (χ0v) is 16.9. The first-order chi connectivity index (χ1) is 13.2. The van der Waals surface area contributed by atoms with Gasteiger partial charge in [0.05, 0.1) is 0 Å². The monoisotopic (exact) mass is 380 g/mol. The van der Waals surface area contributed by atoms with Crippen molar-refractivity contribution in [2.45, 2.75) is 58.1 Å². The second-order valence-electron chi connectivity index (χ2n) is 8.35. The maximum absolute atomic E-state index is 12.5. The Bertz CT molecular complexity index is 849. The summed E-state index contributed by atoms with van der Waals surface area (Å²) in [5, 5.41) is 5.76. The van der Waals surface area contributed by atoms with Crippen LogP contribution in [-0.2, 0) is 10.2 Å². The zero-order valence-electron chi connectivity index (χ0n) is 16.9. The number of hydrogen-bond donors (Lipinski definition) is 2. The quantitative estimate of drug-likeness (QED) is 0.786. The van der Waals surface area contributed by atoms with Crippen LogP contribution in [0.1, 0.15) is 56.5 Å². The van der Waals surface area contributed by atoms with Crippen LogP contribution in [0.5, 0.6) is 5.75 Å². The largest absolute Gasteiger partial charge is 0.481 e. The van der Waals surface area contributed by atoms with Gasteiger partial charge in [0.2, 0.25) is 0 Å². The molecule has 1 saturated carbocycles. The average Bonchev–Trinajstić information content (AvgIpc) is 3.45. The summed E-state index contributed by atoms with van der Waals surface area (Å²) < 4.78 is 5.76. The normalized spacial score (nSPS) is 14.9. The topological polar surface area (TPSA) is 67.4 Å². The molecular formula is C23H28N2O3. The maximum atomic E-state index is 12.5. The van der Waals surface area contributed by atoms with Gasteiger partial charge in [0.25, 0.3) is 11.8 Å². The van der Waals surface area contributed by atoms with Crippen molar-refractivity contribution in [3.8, 4) is 5.75 Å². The van der Waals surface area contributed by atoms with Gasteiger partial charge in [0.1, 0.15) is 5.75 Å². The molecule has 1 atom stereocenters. The van der Waals surface area contributed by atoms with E-state index in [1.807, 2.05) is 24.3 Å². The zero-order chi connectivity index (χ0) is 20.3. The molecule has 28 heavy (non-hydrogen) atoms. The fourth-order valence-corrected chi connectivity index (χ4v) is 2.77. The molecule has 0 aliphatic heterocycles. The van der Waals surface area contributed by atoms with Gasteiger partial charge >= 0.3 is 0 Å². The van der Waals surface area contributed by atoms with E-state index in [1.54, 1.807) is 31.2 Å². The van der Waals surface area contributed by atoms with Crippen LogP contribution in [0.2, 0.25) is 0 Å². The van der Waals surface area contributed by atoms with Crippen molar-refractivity contribution >= 4 is 17.5 Å². The van der Waals surface area contributed by atoms with E-state index in [-0.39, 0.29) is 17.2 Å². The van der Waals surface area contributed by atoms with Gasteiger partial charge in [-0.2, -0.15) is 0 Å². The number of amides is 2. The second-order valence-corrected chi connectivity index (χ2v) is 8.35. The number of anilines is 1. The SMILES string of the molecule is CC(Oc1ccc(C(C)(C)C)cc1)C(=O)Nc1cccc(C(=O)NC2CC2)c1. The summed E-state index contributed by atoms with van der Waals surface area (Å²) in [6.07, 6.45) is 1.41. The molecule has 1 aliphatic carbocycles. The lowest BCUT2D eigenvalue weighted by Gasteiger charge is -2.20. The number of rotatable bonds is 6. The van der Waals surface area contributed by atoms with Crippen LogP contribution in [0.3, 0.4) is 0 Å². The van der Waals surface area contributed by atoms with Crippen LogP contribution in [0.25, 0.3) is 0 Å². The van der Waals surface area contributed by atoms with Gasteiger partial charge in [-0.1, -0.05) is 39.0 Å². The Morgan fingerprint density at radius 2 is 1.75 bits per heavy atom. The minimum atomic E-state index is -0.663. The highest BCUT2D eigenvalue weighted by Gasteiger charge is 2.24. The van der Waals surface area contributed by atoms with E-state index in [0.717, 1.165) is 12.8 Å². The van der Waals surface area contributed by atoms with Crippen LogP contribution in [0, 0.1) is 0 Å². The first-order valence-electron chi connectivity index (χ1n) is 9.71. The van der Waals surface area contributed by atoms with E-state index in [0.29, 0.717) is 23.0 Å². The predicted molar refractivity (Wildman–Crippen MR) is 111 cm³/mol. The molecule has 1 aliphatic rings. The van der Waals surface area contributed by atoms with Crippen molar-refractivity contribution < 1.29 is 14.3 Å². The Morgan fingerprint density at radius 3 is 2.36 bits per heavy atom. The van der Waals surface area contributed by atoms with Gasteiger partial charge in [-0.05, 0) is 61.1 Å². The molecule has 3 rings (SSSR count). The van der Waals surface area contributed by atoms with Crippen molar-refractivity contribution in [2.75, 3.05) is 5.32 Å². The number of carbonyl (C=O) groups excluding carboxylic acids is 2.